The Balaban J connectivity index is 2.12. The second-order valence-electron chi connectivity index (χ2n) is 4.65. The van der Waals surface area contributed by atoms with E-state index in [0.29, 0.717) is 24.7 Å². The Morgan fingerprint density at radius 3 is 2.79 bits per heavy atom. The van der Waals surface area contributed by atoms with Gasteiger partial charge in [-0.25, -0.2) is 8.42 Å². The highest BCUT2D eigenvalue weighted by Crippen LogP contribution is 2.19. The van der Waals surface area contributed by atoms with E-state index >= 15 is 0 Å². The van der Waals surface area contributed by atoms with E-state index in [9.17, 15) is 8.42 Å². The molecular formula is C11H19ClN4O2S. The molecule has 0 aromatic carbocycles. The highest BCUT2D eigenvalue weighted by Gasteiger charge is 2.28. The number of aryl methyl sites for hydroxylation is 1. The molecule has 8 heteroatoms. The Morgan fingerprint density at radius 2 is 2.16 bits per heavy atom. The normalized spacial score (nSPS) is 19.5. The van der Waals surface area contributed by atoms with E-state index in [-0.39, 0.29) is 4.90 Å². The molecule has 19 heavy (non-hydrogen) atoms. The number of halogens is 1. The first-order valence-corrected chi connectivity index (χ1v) is 8.31. The Labute approximate surface area is 118 Å². The molecule has 2 rings (SSSR count). The average molecular weight is 307 g/mol. The summed E-state index contributed by atoms with van der Waals surface area (Å²) in [4.78, 5) is 2.48. The van der Waals surface area contributed by atoms with E-state index in [1.165, 1.54) is 6.20 Å². The lowest BCUT2D eigenvalue weighted by molar-refractivity contribution is 0.303. The molecule has 0 aliphatic carbocycles. The molecule has 0 amide bonds. The summed E-state index contributed by atoms with van der Waals surface area (Å²) < 4.78 is 26.6. The van der Waals surface area contributed by atoms with Crippen LogP contribution < -0.4 is 0 Å². The molecule has 1 aliphatic heterocycles. The van der Waals surface area contributed by atoms with Gasteiger partial charge in [-0.3, -0.25) is 5.10 Å². The fraction of sp³-hybridized carbons (Fsp3) is 0.727. The van der Waals surface area contributed by atoms with Crippen LogP contribution in [0, 0.1) is 6.92 Å². The number of aromatic nitrogens is 2. The van der Waals surface area contributed by atoms with Crippen molar-refractivity contribution in [3.8, 4) is 0 Å². The van der Waals surface area contributed by atoms with Crippen LogP contribution in [0.5, 0.6) is 0 Å². The minimum Gasteiger partial charge on any atom is -0.301 e. The van der Waals surface area contributed by atoms with Crippen LogP contribution in [0.3, 0.4) is 0 Å². The summed E-state index contributed by atoms with van der Waals surface area (Å²) in [5, 5.41) is 6.47. The van der Waals surface area contributed by atoms with Crippen molar-refractivity contribution < 1.29 is 8.42 Å². The number of rotatable bonds is 4. The lowest BCUT2D eigenvalue weighted by atomic mass is 10.4. The minimum absolute atomic E-state index is 0.276. The predicted octanol–water partition coefficient (Wildman–Crippen LogP) is 0.653. The van der Waals surface area contributed by atoms with Crippen LogP contribution in [0.15, 0.2) is 11.1 Å². The molecule has 0 saturated carbocycles. The van der Waals surface area contributed by atoms with Gasteiger partial charge in [-0.2, -0.15) is 9.40 Å². The van der Waals surface area contributed by atoms with Gasteiger partial charge in [0.2, 0.25) is 10.0 Å². The Bertz CT molecular complexity index is 517. The maximum Gasteiger partial charge on any atom is 0.246 e. The third kappa shape index (κ3) is 3.28. The summed E-state index contributed by atoms with van der Waals surface area (Å²) in [5.41, 5.74) is 0.585. The van der Waals surface area contributed by atoms with Gasteiger partial charge in [0.15, 0.2) is 0 Å². The van der Waals surface area contributed by atoms with E-state index in [1.54, 1.807) is 11.2 Å². The fourth-order valence-corrected chi connectivity index (χ4v) is 4.10. The van der Waals surface area contributed by atoms with Gasteiger partial charge >= 0.3 is 0 Å². The third-order valence-corrected chi connectivity index (χ3v) is 5.53. The molecule has 1 aromatic rings. The van der Waals surface area contributed by atoms with E-state index < -0.39 is 10.0 Å². The first-order chi connectivity index (χ1) is 9.05. The number of hydrogen-bond donors (Lipinski definition) is 1. The van der Waals surface area contributed by atoms with Crippen molar-refractivity contribution in [2.24, 2.45) is 0 Å². The van der Waals surface area contributed by atoms with Crippen LogP contribution in [-0.2, 0) is 10.0 Å². The number of alkyl halides is 1. The zero-order valence-corrected chi connectivity index (χ0v) is 12.5. The van der Waals surface area contributed by atoms with E-state index in [0.717, 1.165) is 26.1 Å². The minimum atomic E-state index is -3.43. The quantitative estimate of drug-likeness (QED) is 0.830. The molecule has 6 nitrogen and oxygen atoms in total. The molecule has 0 radical (unpaired) electrons. The monoisotopic (exact) mass is 306 g/mol. The maximum absolute atomic E-state index is 12.5. The van der Waals surface area contributed by atoms with Crippen molar-refractivity contribution >= 4 is 21.6 Å². The smallest absolute Gasteiger partial charge is 0.246 e. The summed E-state index contributed by atoms with van der Waals surface area (Å²) in [5.74, 6) is 0.577. The van der Waals surface area contributed by atoms with E-state index in [4.69, 9.17) is 11.6 Å². The highest BCUT2D eigenvalue weighted by atomic mass is 35.5. The zero-order valence-electron chi connectivity index (χ0n) is 11.0. The highest BCUT2D eigenvalue weighted by molar-refractivity contribution is 7.89. The summed E-state index contributed by atoms with van der Waals surface area (Å²) in [6.45, 7) is 5.19. The molecule has 0 spiro atoms. The topological polar surface area (TPSA) is 69.3 Å². The first-order valence-electron chi connectivity index (χ1n) is 6.34. The molecule has 1 saturated heterocycles. The molecule has 0 atom stereocenters. The van der Waals surface area contributed by atoms with Crippen molar-refractivity contribution in [1.82, 2.24) is 19.4 Å². The van der Waals surface area contributed by atoms with E-state index in [2.05, 4.69) is 15.1 Å². The summed E-state index contributed by atoms with van der Waals surface area (Å²) in [6.07, 6.45) is 2.21. The number of hydrogen-bond acceptors (Lipinski definition) is 4. The summed E-state index contributed by atoms with van der Waals surface area (Å²) in [7, 11) is -3.43. The van der Waals surface area contributed by atoms with Crippen LogP contribution in [0.2, 0.25) is 0 Å². The number of nitrogens with zero attached hydrogens (tertiary/aromatic N) is 3. The average Bonchev–Trinajstić information content (AvgIpc) is 2.66. The Kier molecular flexibility index (Phi) is 4.83. The van der Waals surface area contributed by atoms with Gasteiger partial charge in [0.25, 0.3) is 0 Å². The first kappa shape index (κ1) is 14.8. The van der Waals surface area contributed by atoms with Crippen LogP contribution in [0.4, 0.5) is 0 Å². The predicted molar refractivity (Wildman–Crippen MR) is 73.9 cm³/mol. The van der Waals surface area contributed by atoms with Gasteiger partial charge in [-0.05, 0) is 19.9 Å². The largest absolute Gasteiger partial charge is 0.301 e. The molecule has 108 valence electrons. The zero-order chi connectivity index (χ0) is 13.9. The van der Waals surface area contributed by atoms with Crippen molar-refractivity contribution in [3.05, 3.63) is 11.9 Å². The molecule has 1 fully saturated rings. The van der Waals surface area contributed by atoms with Crippen molar-refractivity contribution in [2.45, 2.75) is 18.2 Å². The third-order valence-electron chi connectivity index (χ3n) is 3.35. The SMILES string of the molecule is Cc1[nH]ncc1S(=O)(=O)N1CCCN(CCCl)CC1. The number of H-pyrrole nitrogens is 1. The van der Waals surface area contributed by atoms with Crippen LogP contribution >= 0.6 is 11.6 Å². The maximum atomic E-state index is 12.5. The van der Waals surface area contributed by atoms with Crippen molar-refractivity contribution in [3.63, 3.8) is 0 Å². The number of sulfonamides is 1. The van der Waals surface area contributed by atoms with E-state index in [1.807, 2.05) is 0 Å². The van der Waals surface area contributed by atoms with Gasteiger partial charge in [-0.15, -0.1) is 11.6 Å². The van der Waals surface area contributed by atoms with Crippen LogP contribution in [-0.4, -0.2) is 66.4 Å². The van der Waals surface area contributed by atoms with Gasteiger partial charge in [0, 0.05) is 32.1 Å². The van der Waals surface area contributed by atoms with Gasteiger partial charge in [0.1, 0.15) is 4.90 Å². The molecule has 0 bridgehead atoms. The number of aromatic amines is 1. The molecule has 1 aliphatic rings. The molecule has 1 aromatic heterocycles. The molecule has 2 heterocycles. The number of nitrogens with one attached hydrogen (secondary N) is 1. The standard InChI is InChI=1S/C11H19ClN4O2S/c1-10-11(9-13-14-10)19(17,18)16-5-2-4-15(6-3-12)7-8-16/h9H,2-8H2,1H3,(H,13,14). The van der Waals surface area contributed by atoms with Gasteiger partial charge in [0.05, 0.1) is 11.9 Å². The van der Waals surface area contributed by atoms with Gasteiger partial charge in [-0.1, -0.05) is 0 Å². The lowest BCUT2D eigenvalue weighted by Gasteiger charge is -2.20. The van der Waals surface area contributed by atoms with Crippen LogP contribution in [0.25, 0.3) is 0 Å². The van der Waals surface area contributed by atoms with Crippen molar-refractivity contribution in [2.75, 3.05) is 38.6 Å². The Morgan fingerprint density at radius 1 is 1.37 bits per heavy atom. The lowest BCUT2D eigenvalue weighted by Crippen LogP contribution is -2.35. The molecule has 0 unspecified atom stereocenters. The molecule has 1 N–H and O–H groups in total. The summed E-state index contributed by atoms with van der Waals surface area (Å²) in [6, 6.07) is 0. The van der Waals surface area contributed by atoms with Gasteiger partial charge < -0.3 is 4.90 Å². The van der Waals surface area contributed by atoms with Crippen LogP contribution in [0.1, 0.15) is 12.1 Å². The summed E-state index contributed by atoms with van der Waals surface area (Å²) >= 11 is 5.73. The fourth-order valence-electron chi connectivity index (χ4n) is 2.27. The molecular weight excluding hydrogens is 288 g/mol. The Hall–Kier alpha value is -0.630. The van der Waals surface area contributed by atoms with Crippen molar-refractivity contribution in [1.29, 1.82) is 0 Å². The second-order valence-corrected chi connectivity index (χ2v) is 6.93. The second kappa shape index (κ2) is 6.21.